The fourth-order valence-corrected chi connectivity index (χ4v) is 2.44. The number of likely N-dealkylation sites (tertiary alicyclic amines) is 1. The molecule has 8 heteroatoms. The minimum Gasteiger partial charge on any atom is -0.504 e. The largest absolute Gasteiger partial charge is 0.504 e. The van der Waals surface area contributed by atoms with E-state index >= 15 is 0 Å². The first-order chi connectivity index (χ1) is 11.5. The number of hydrazone groups is 1. The second-order valence-corrected chi connectivity index (χ2v) is 5.51. The van der Waals surface area contributed by atoms with E-state index in [1.54, 1.807) is 0 Å². The maximum atomic E-state index is 11.9. The molecule has 0 saturated carbocycles. The van der Waals surface area contributed by atoms with Gasteiger partial charge in [-0.05, 0) is 25.0 Å². The van der Waals surface area contributed by atoms with Crippen molar-refractivity contribution in [1.82, 2.24) is 10.3 Å². The number of benzene rings is 1. The molecule has 1 aromatic rings. The zero-order valence-electron chi connectivity index (χ0n) is 13.5. The minimum atomic E-state index is -0.392. The first kappa shape index (κ1) is 17.6. The molecule has 0 aliphatic carbocycles. The number of rotatable bonds is 5. The molecule has 130 valence electrons. The molecule has 0 spiro atoms. The first-order valence-corrected chi connectivity index (χ1v) is 7.71. The quantitative estimate of drug-likeness (QED) is 0.421. The molecule has 1 fully saturated rings. The minimum absolute atomic E-state index is 0.0141. The first-order valence-electron chi connectivity index (χ1n) is 7.71. The number of hydrogen-bond acceptors (Lipinski definition) is 6. The summed E-state index contributed by atoms with van der Waals surface area (Å²) in [6.45, 7) is 0.555. The van der Waals surface area contributed by atoms with Gasteiger partial charge in [0.1, 0.15) is 6.54 Å². The predicted molar refractivity (Wildman–Crippen MR) is 87.1 cm³/mol. The van der Waals surface area contributed by atoms with E-state index in [2.05, 4.69) is 10.5 Å². The van der Waals surface area contributed by atoms with E-state index in [0.717, 1.165) is 19.3 Å². The van der Waals surface area contributed by atoms with Crippen LogP contribution in [0.2, 0.25) is 0 Å². The van der Waals surface area contributed by atoms with E-state index in [-0.39, 0.29) is 29.7 Å². The standard InChI is InChI=1S/C16H21N3O5/c1-24-13-8-11(7-12(20)16(13)23)9-17-18-14(21)10-19-6-4-2-3-5-15(19)22/h7-9,20,23H,2-6,10H2,1H3,(H,18,21)/b17-9+. The zero-order valence-corrected chi connectivity index (χ0v) is 13.5. The van der Waals surface area contributed by atoms with Gasteiger partial charge in [-0.3, -0.25) is 9.59 Å². The topological polar surface area (TPSA) is 111 Å². The van der Waals surface area contributed by atoms with Gasteiger partial charge >= 0.3 is 0 Å². The molecule has 0 atom stereocenters. The van der Waals surface area contributed by atoms with Crippen LogP contribution in [-0.4, -0.2) is 53.3 Å². The van der Waals surface area contributed by atoms with Crippen LogP contribution in [0.25, 0.3) is 0 Å². The van der Waals surface area contributed by atoms with Crippen LogP contribution in [0.1, 0.15) is 31.2 Å². The van der Waals surface area contributed by atoms with E-state index in [9.17, 15) is 19.8 Å². The number of carbonyl (C=O) groups excluding carboxylic acids is 2. The highest BCUT2D eigenvalue weighted by atomic mass is 16.5. The van der Waals surface area contributed by atoms with Gasteiger partial charge in [0, 0.05) is 18.5 Å². The Morgan fingerprint density at radius 1 is 1.38 bits per heavy atom. The van der Waals surface area contributed by atoms with E-state index in [4.69, 9.17) is 4.74 Å². The average Bonchev–Trinajstić information content (AvgIpc) is 2.75. The van der Waals surface area contributed by atoms with Gasteiger partial charge in [-0.1, -0.05) is 6.42 Å². The lowest BCUT2D eigenvalue weighted by Crippen LogP contribution is -2.39. The van der Waals surface area contributed by atoms with Gasteiger partial charge in [-0.25, -0.2) is 5.43 Å². The van der Waals surface area contributed by atoms with Gasteiger partial charge in [0.15, 0.2) is 11.5 Å². The van der Waals surface area contributed by atoms with Crippen LogP contribution in [0.4, 0.5) is 0 Å². The molecule has 0 bridgehead atoms. The van der Waals surface area contributed by atoms with Gasteiger partial charge in [0.05, 0.1) is 13.3 Å². The summed E-state index contributed by atoms with van der Waals surface area (Å²) in [5.41, 5.74) is 2.78. The lowest BCUT2D eigenvalue weighted by molar-refractivity contribution is -0.135. The lowest BCUT2D eigenvalue weighted by atomic mass is 10.2. The monoisotopic (exact) mass is 335 g/mol. The van der Waals surface area contributed by atoms with Crippen molar-refractivity contribution in [3.8, 4) is 17.2 Å². The van der Waals surface area contributed by atoms with Gasteiger partial charge in [-0.2, -0.15) is 5.10 Å². The Hall–Kier alpha value is -2.77. The second-order valence-electron chi connectivity index (χ2n) is 5.51. The summed E-state index contributed by atoms with van der Waals surface area (Å²) in [5, 5.41) is 22.9. The van der Waals surface area contributed by atoms with Crippen molar-refractivity contribution in [1.29, 1.82) is 0 Å². The fraction of sp³-hybridized carbons (Fsp3) is 0.438. The Morgan fingerprint density at radius 3 is 2.92 bits per heavy atom. The van der Waals surface area contributed by atoms with Gasteiger partial charge in [-0.15, -0.1) is 0 Å². The van der Waals surface area contributed by atoms with Gasteiger partial charge < -0.3 is 19.8 Å². The van der Waals surface area contributed by atoms with Crippen LogP contribution in [0, 0.1) is 0 Å². The van der Waals surface area contributed by atoms with Crippen LogP contribution in [-0.2, 0) is 9.59 Å². The summed E-state index contributed by atoms with van der Waals surface area (Å²) < 4.78 is 4.91. The number of hydrogen-bond donors (Lipinski definition) is 3. The molecule has 8 nitrogen and oxygen atoms in total. The van der Waals surface area contributed by atoms with Crippen molar-refractivity contribution in [3.63, 3.8) is 0 Å². The Kier molecular flexibility index (Phi) is 6.00. The van der Waals surface area contributed by atoms with E-state index in [0.29, 0.717) is 18.5 Å². The number of phenols is 2. The van der Waals surface area contributed by atoms with Crippen molar-refractivity contribution in [2.45, 2.75) is 25.7 Å². The molecule has 1 aromatic carbocycles. The summed E-state index contributed by atoms with van der Waals surface area (Å²) in [5.74, 6) is -1.02. The molecule has 1 saturated heterocycles. The number of methoxy groups -OCH3 is 1. The summed E-state index contributed by atoms with van der Waals surface area (Å²) in [6.07, 6.45) is 4.54. The molecule has 0 unspecified atom stereocenters. The van der Waals surface area contributed by atoms with E-state index in [1.807, 2.05) is 0 Å². The number of ether oxygens (including phenoxy) is 1. The predicted octanol–water partition coefficient (Wildman–Crippen LogP) is 0.959. The van der Waals surface area contributed by atoms with Crippen molar-refractivity contribution in [3.05, 3.63) is 17.7 Å². The normalized spacial score (nSPS) is 15.4. The zero-order chi connectivity index (χ0) is 17.5. The Bertz CT molecular complexity index is 645. The molecule has 1 aliphatic rings. The third-order valence-electron chi connectivity index (χ3n) is 3.71. The third-order valence-corrected chi connectivity index (χ3v) is 3.71. The number of nitrogens with one attached hydrogen (secondary N) is 1. The SMILES string of the molecule is COc1cc(/C=N/NC(=O)CN2CCCCCC2=O)cc(O)c1O. The highest BCUT2D eigenvalue weighted by molar-refractivity contribution is 5.87. The van der Waals surface area contributed by atoms with Crippen LogP contribution >= 0.6 is 0 Å². The number of carbonyl (C=O) groups is 2. The van der Waals surface area contributed by atoms with Gasteiger partial charge in [0.2, 0.25) is 11.7 Å². The van der Waals surface area contributed by atoms with Crippen LogP contribution in [0.15, 0.2) is 17.2 Å². The van der Waals surface area contributed by atoms with E-state index in [1.165, 1.54) is 30.4 Å². The smallest absolute Gasteiger partial charge is 0.259 e. The number of aromatic hydroxyl groups is 2. The Balaban J connectivity index is 1.92. The maximum absolute atomic E-state index is 11.9. The highest BCUT2D eigenvalue weighted by Gasteiger charge is 2.18. The summed E-state index contributed by atoms with van der Waals surface area (Å²) >= 11 is 0. The summed E-state index contributed by atoms with van der Waals surface area (Å²) in [6, 6.07) is 2.74. The molecular weight excluding hydrogens is 314 g/mol. The van der Waals surface area contributed by atoms with E-state index < -0.39 is 5.91 Å². The summed E-state index contributed by atoms with van der Waals surface area (Å²) in [7, 11) is 1.36. The average molecular weight is 335 g/mol. The molecule has 1 aliphatic heterocycles. The van der Waals surface area contributed by atoms with Crippen LogP contribution in [0.3, 0.4) is 0 Å². The molecular formula is C16H21N3O5. The van der Waals surface area contributed by atoms with Gasteiger partial charge in [0.25, 0.3) is 5.91 Å². The van der Waals surface area contributed by atoms with Crippen molar-refractivity contribution in [2.24, 2.45) is 5.10 Å². The highest BCUT2D eigenvalue weighted by Crippen LogP contribution is 2.35. The van der Waals surface area contributed by atoms with Crippen molar-refractivity contribution >= 4 is 18.0 Å². The third kappa shape index (κ3) is 4.61. The molecule has 2 amide bonds. The van der Waals surface area contributed by atoms with Crippen LogP contribution < -0.4 is 10.2 Å². The molecule has 0 aromatic heterocycles. The molecule has 24 heavy (non-hydrogen) atoms. The number of nitrogens with zero attached hydrogens (tertiary/aromatic N) is 2. The molecule has 3 N–H and O–H groups in total. The lowest BCUT2D eigenvalue weighted by Gasteiger charge is -2.18. The van der Waals surface area contributed by atoms with Crippen molar-refractivity contribution < 1.29 is 24.5 Å². The number of phenolic OH excluding ortho intramolecular Hbond substituents is 2. The Morgan fingerprint density at radius 2 is 2.17 bits per heavy atom. The fourth-order valence-electron chi connectivity index (χ4n) is 2.44. The Labute approximate surface area is 139 Å². The van der Waals surface area contributed by atoms with Crippen LogP contribution in [0.5, 0.6) is 17.2 Å². The molecule has 1 heterocycles. The summed E-state index contributed by atoms with van der Waals surface area (Å²) in [4.78, 5) is 25.2. The van der Waals surface area contributed by atoms with Crippen molar-refractivity contribution in [2.75, 3.05) is 20.2 Å². The molecule has 2 rings (SSSR count). The molecule has 0 radical (unpaired) electrons. The second kappa shape index (κ2) is 8.19. The maximum Gasteiger partial charge on any atom is 0.259 e. The number of amides is 2.